The summed E-state index contributed by atoms with van der Waals surface area (Å²) in [5, 5.41) is 8.83. The summed E-state index contributed by atoms with van der Waals surface area (Å²) < 4.78 is 0. The first kappa shape index (κ1) is 10.8. The quantitative estimate of drug-likeness (QED) is 0.570. The second kappa shape index (κ2) is 6.23. The molecule has 0 aromatic carbocycles. The van der Waals surface area contributed by atoms with Crippen molar-refractivity contribution in [1.29, 1.82) is 0 Å². The Labute approximate surface area is 84.4 Å². The predicted molar refractivity (Wildman–Crippen MR) is 56.2 cm³/mol. The molecule has 0 radical (unpaired) electrons. The molecule has 5 nitrogen and oxygen atoms in total. The zero-order valence-electron chi connectivity index (χ0n) is 8.60. The van der Waals surface area contributed by atoms with Crippen molar-refractivity contribution < 1.29 is 4.79 Å². The molecule has 0 unspecified atom stereocenters. The fourth-order valence-electron chi connectivity index (χ4n) is 1.23. The van der Waals surface area contributed by atoms with Gasteiger partial charge in [0.2, 0.25) is 5.91 Å². The molecule has 1 aliphatic rings. The summed E-state index contributed by atoms with van der Waals surface area (Å²) in [7, 11) is 0. The van der Waals surface area contributed by atoms with Crippen molar-refractivity contribution in [3.8, 4) is 0 Å². The number of carbonyl (C=O) groups is 1. The Morgan fingerprint density at radius 2 is 2.43 bits per heavy atom. The number of nitrogens with one attached hydrogen (secondary N) is 3. The molecular formula is C9H18N4O. The average molecular weight is 198 g/mol. The normalized spacial score (nSPS) is 16.2. The first-order valence-electron chi connectivity index (χ1n) is 5.12. The average Bonchev–Trinajstić information content (AvgIpc) is 2.43. The third-order valence-electron chi connectivity index (χ3n) is 1.94. The predicted octanol–water partition coefficient (Wildman–Crippen LogP) is -0.548. The first-order valence-corrected chi connectivity index (χ1v) is 5.12. The molecular weight excluding hydrogens is 180 g/mol. The highest BCUT2D eigenvalue weighted by atomic mass is 16.1. The van der Waals surface area contributed by atoms with Crippen molar-refractivity contribution in [3.05, 3.63) is 0 Å². The van der Waals surface area contributed by atoms with Gasteiger partial charge in [-0.1, -0.05) is 0 Å². The molecule has 0 fully saturated rings. The largest absolute Gasteiger partial charge is 0.356 e. The molecule has 0 aliphatic carbocycles. The molecule has 0 aromatic heterocycles. The fourth-order valence-corrected chi connectivity index (χ4v) is 1.23. The standard InChI is InChI=1S/C9H18N4O/c1-2-10-8(14)7-13-9-11-5-3-4-6-12-9/h2-7H2,1H3,(H,10,14)(H2,11,12,13). The lowest BCUT2D eigenvalue weighted by molar-refractivity contribution is -0.119. The molecule has 0 atom stereocenters. The lowest BCUT2D eigenvalue weighted by Gasteiger charge is -2.09. The molecule has 0 aromatic rings. The Morgan fingerprint density at radius 3 is 3.21 bits per heavy atom. The molecule has 80 valence electrons. The van der Waals surface area contributed by atoms with Crippen LogP contribution in [0.4, 0.5) is 0 Å². The third-order valence-corrected chi connectivity index (χ3v) is 1.94. The van der Waals surface area contributed by atoms with Crippen LogP contribution in [0.15, 0.2) is 4.99 Å². The molecule has 0 spiro atoms. The maximum absolute atomic E-state index is 11.1. The zero-order chi connectivity index (χ0) is 10.2. The lowest BCUT2D eigenvalue weighted by atomic mass is 10.3. The minimum atomic E-state index is 0.00115. The van der Waals surface area contributed by atoms with Gasteiger partial charge in [0.1, 0.15) is 0 Å². The molecule has 0 bridgehead atoms. The smallest absolute Gasteiger partial charge is 0.239 e. The number of aliphatic imine (C=N–C) groups is 1. The van der Waals surface area contributed by atoms with Gasteiger partial charge in [-0.15, -0.1) is 0 Å². The summed E-state index contributed by atoms with van der Waals surface area (Å²) in [6, 6.07) is 0. The van der Waals surface area contributed by atoms with Gasteiger partial charge in [0.15, 0.2) is 5.96 Å². The maximum atomic E-state index is 11.1. The van der Waals surface area contributed by atoms with Crippen LogP contribution in [-0.2, 0) is 4.79 Å². The van der Waals surface area contributed by atoms with E-state index in [0.717, 1.165) is 31.9 Å². The SMILES string of the molecule is CCNC(=O)CNC1=NCCCCN1. The number of rotatable bonds is 3. The lowest BCUT2D eigenvalue weighted by Crippen LogP contribution is -2.42. The van der Waals surface area contributed by atoms with Crippen LogP contribution in [0.1, 0.15) is 19.8 Å². The van der Waals surface area contributed by atoms with Crippen LogP contribution in [0, 0.1) is 0 Å². The molecule has 0 saturated carbocycles. The van der Waals surface area contributed by atoms with E-state index in [2.05, 4.69) is 20.9 Å². The van der Waals surface area contributed by atoms with Crippen LogP contribution in [-0.4, -0.2) is 38.0 Å². The van der Waals surface area contributed by atoms with Crippen LogP contribution in [0.25, 0.3) is 0 Å². The highest BCUT2D eigenvalue weighted by Gasteiger charge is 2.04. The third kappa shape index (κ3) is 4.11. The van der Waals surface area contributed by atoms with E-state index in [1.54, 1.807) is 0 Å². The van der Waals surface area contributed by atoms with Crippen LogP contribution in [0.2, 0.25) is 0 Å². The Balaban J connectivity index is 2.22. The number of carbonyl (C=O) groups excluding carboxylic acids is 1. The number of hydrogen-bond acceptors (Lipinski definition) is 4. The van der Waals surface area contributed by atoms with E-state index in [4.69, 9.17) is 0 Å². The molecule has 5 heteroatoms. The Kier molecular flexibility index (Phi) is 4.82. The number of hydrogen-bond donors (Lipinski definition) is 3. The summed E-state index contributed by atoms with van der Waals surface area (Å²) in [6.45, 7) is 4.63. The second-order valence-electron chi connectivity index (χ2n) is 3.17. The Bertz CT molecular complexity index is 215. The van der Waals surface area contributed by atoms with E-state index in [9.17, 15) is 4.79 Å². The van der Waals surface area contributed by atoms with Gasteiger partial charge < -0.3 is 16.0 Å². The van der Waals surface area contributed by atoms with Gasteiger partial charge in [-0.2, -0.15) is 0 Å². The molecule has 0 saturated heterocycles. The van der Waals surface area contributed by atoms with E-state index in [-0.39, 0.29) is 5.91 Å². The Hall–Kier alpha value is -1.26. The minimum absolute atomic E-state index is 0.00115. The summed E-state index contributed by atoms with van der Waals surface area (Å²) in [6.07, 6.45) is 2.25. The van der Waals surface area contributed by atoms with Crippen molar-refractivity contribution in [2.45, 2.75) is 19.8 Å². The van der Waals surface area contributed by atoms with Gasteiger partial charge in [-0.05, 0) is 19.8 Å². The van der Waals surface area contributed by atoms with Gasteiger partial charge in [-0.25, -0.2) is 0 Å². The van der Waals surface area contributed by atoms with Crippen LogP contribution < -0.4 is 16.0 Å². The van der Waals surface area contributed by atoms with Crippen molar-refractivity contribution in [2.75, 3.05) is 26.2 Å². The van der Waals surface area contributed by atoms with E-state index < -0.39 is 0 Å². The molecule has 1 heterocycles. The first-order chi connectivity index (χ1) is 6.83. The second-order valence-corrected chi connectivity index (χ2v) is 3.17. The van der Waals surface area contributed by atoms with Gasteiger partial charge in [0, 0.05) is 19.6 Å². The Morgan fingerprint density at radius 1 is 1.57 bits per heavy atom. The van der Waals surface area contributed by atoms with Gasteiger partial charge >= 0.3 is 0 Å². The maximum Gasteiger partial charge on any atom is 0.239 e. The van der Waals surface area contributed by atoms with E-state index in [0.29, 0.717) is 13.1 Å². The van der Waals surface area contributed by atoms with Crippen molar-refractivity contribution >= 4 is 11.9 Å². The van der Waals surface area contributed by atoms with E-state index >= 15 is 0 Å². The van der Waals surface area contributed by atoms with E-state index in [1.165, 1.54) is 0 Å². The van der Waals surface area contributed by atoms with Crippen molar-refractivity contribution in [2.24, 2.45) is 4.99 Å². The molecule has 1 amide bonds. The van der Waals surface area contributed by atoms with Gasteiger partial charge in [0.25, 0.3) is 0 Å². The minimum Gasteiger partial charge on any atom is -0.356 e. The number of nitrogens with zero attached hydrogens (tertiary/aromatic N) is 1. The fraction of sp³-hybridized carbons (Fsp3) is 0.778. The highest BCUT2D eigenvalue weighted by molar-refractivity contribution is 5.86. The highest BCUT2D eigenvalue weighted by Crippen LogP contribution is 1.92. The van der Waals surface area contributed by atoms with E-state index in [1.807, 2.05) is 6.92 Å². The molecule has 1 rings (SSSR count). The van der Waals surface area contributed by atoms with Gasteiger partial charge in [-0.3, -0.25) is 9.79 Å². The number of guanidine groups is 1. The van der Waals surface area contributed by atoms with Crippen molar-refractivity contribution in [3.63, 3.8) is 0 Å². The van der Waals surface area contributed by atoms with Crippen molar-refractivity contribution in [1.82, 2.24) is 16.0 Å². The van der Waals surface area contributed by atoms with Gasteiger partial charge in [0.05, 0.1) is 6.54 Å². The summed E-state index contributed by atoms with van der Waals surface area (Å²) in [5.41, 5.74) is 0. The van der Waals surface area contributed by atoms with Crippen LogP contribution in [0.3, 0.4) is 0 Å². The summed E-state index contributed by atoms with van der Waals surface area (Å²) in [5.74, 6) is 0.745. The topological polar surface area (TPSA) is 65.5 Å². The van der Waals surface area contributed by atoms with Crippen LogP contribution >= 0.6 is 0 Å². The molecule has 3 N–H and O–H groups in total. The summed E-state index contributed by atoms with van der Waals surface area (Å²) >= 11 is 0. The molecule has 14 heavy (non-hydrogen) atoms. The summed E-state index contributed by atoms with van der Waals surface area (Å²) in [4.78, 5) is 15.4. The molecule has 1 aliphatic heterocycles. The zero-order valence-corrected chi connectivity index (χ0v) is 8.60. The number of amides is 1. The number of likely N-dealkylation sites (N-methyl/N-ethyl adjacent to an activating group) is 1. The monoisotopic (exact) mass is 198 g/mol. The van der Waals surface area contributed by atoms with Crippen LogP contribution in [0.5, 0.6) is 0 Å².